The zero-order valence-electron chi connectivity index (χ0n) is 15.1. The zero-order chi connectivity index (χ0) is 18.4. The van der Waals surface area contributed by atoms with E-state index in [-0.39, 0.29) is 16.8 Å². The number of hydrogen-bond acceptors (Lipinski definition) is 4. The van der Waals surface area contributed by atoms with E-state index in [4.69, 9.17) is 4.74 Å². The SMILES string of the molecule is CCCNC(=O)[C@@H](C)[NH+]1CCN(S(=O)(=O)c2ccc(OC)cc2)CC1. The third-order valence-corrected chi connectivity index (χ3v) is 6.53. The Bertz CT molecular complexity index is 668. The Labute approximate surface area is 150 Å². The van der Waals surface area contributed by atoms with Gasteiger partial charge in [0.15, 0.2) is 6.04 Å². The molecule has 1 aliphatic rings. The smallest absolute Gasteiger partial charge is 0.278 e. The van der Waals surface area contributed by atoms with E-state index < -0.39 is 10.0 Å². The van der Waals surface area contributed by atoms with Crippen molar-refractivity contribution < 1.29 is 22.8 Å². The third-order valence-electron chi connectivity index (χ3n) is 4.62. The van der Waals surface area contributed by atoms with Crippen molar-refractivity contribution in [3.05, 3.63) is 24.3 Å². The van der Waals surface area contributed by atoms with Crippen molar-refractivity contribution in [3.8, 4) is 5.75 Å². The Morgan fingerprint density at radius 2 is 1.88 bits per heavy atom. The summed E-state index contributed by atoms with van der Waals surface area (Å²) >= 11 is 0. The van der Waals surface area contributed by atoms with Crippen molar-refractivity contribution in [2.45, 2.75) is 31.2 Å². The maximum atomic E-state index is 12.7. The van der Waals surface area contributed by atoms with E-state index in [1.807, 2.05) is 13.8 Å². The molecule has 1 heterocycles. The largest absolute Gasteiger partial charge is 0.497 e. The fourth-order valence-corrected chi connectivity index (χ4v) is 4.37. The van der Waals surface area contributed by atoms with E-state index in [1.54, 1.807) is 31.4 Å². The molecule has 0 radical (unpaired) electrons. The Hall–Kier alpha value is -1.64. The van der Waals surface area contributed by atoms with E-state index in [0.29, 0.717) is 38.5 Å². The molecule has 1 fully saturated rings. The molecule has 0 spiro atoms. The minimum Gasteiger partial charge on any atom is -0.497 e. The van der Waals surface area contributed by atoms with Crippen LogP contribution >= 0.6 is 0 Å². The van der Waals surface area contributed by atoms with Gasteiger partial charge in [-0.05, 0) is 37.6 Å². The lowest BCUT2D eigenvalue weighted by Gasteiger charge is -2.34. The first-order chi connectivity index (χ1) is 11.9. The topological polar surface area (TPSA) is 80.2 Å². The minimum absolute atomic E-state index is 0.0308. The van der Waals surface area contributed by atoms with Gasteiger partial charge in [-0.25, -0.2) is 8.42 Å². The van der Waals surface area contributed by atoms with Gasteiger partial charge in [-0.2, -0.15) is 4.31 Å². The lowest BCUT2D eigenvalue weighted by molar-refractivity contribution is -0.917. The molecule has 2 N–H and O–H groups in total. The maximum Gasteiger partial charge on any atom is 0.278 e. The minimum atomic E-state index is -3.51. The zero-order valence-corrected chi connectivity index (χ0v) is 15.9. The van der Waals surface area contributed by atoms with E-state index in [9.17, 15) is 13.2 Å². The number of nitrogens with one attached hydrogen (secondary N) is 2. The molecule has 1 aromatic rings. The van der Waals surface area contributed by atoms with Gasteiger partial charge in [0.05, 0.1) is 38.2 Å². The molecule has 1 atom stereocenters. The van der Waals surface area contributed by atoms with Crippen LogP contribution < -0.4 is 15.0 Å². The first kappa shape index (κ1) is 19.7. The predicted octanol–water partition coefficient (Wildman–Crippen LogP) is -0.501. The Morgan fingerprint density at radius 3 is 2.40 bits per heavy atom. The summed E-state index contributed by atoms with van der Waals surface area (Å²) in [5.41, 5.74) is 0. The maximum absolute atomic E-state index is 12.7. The monoisotopic (exact) mass is 370 g/mol. The fourth-order valence-electron chi connectivity index (χ4n) is 2.93. The van der Waals surface area contributed by atoms with Crippen molar-refractivity contribution in [1.29, 1.82) is 0 Å². The molecule has 1 saturated heterocycles. The molecule has 1 amide bonds. The number of carbonyl (C=O) groups excluding carboxylic acids is 1. The molecule has 140 valence electrons. The lowest BCUT2D eigenvalue weighted by Crippen LogP contribution is -3.19. The van der Waals surface area contributed by atoms with Crippen LogP contribution in [0.1, 0.15) is 20.3 Å². The average molecular weight is 370 g/mol. The number of methoxy groups -OCH3 is 1. The first-order valence-corrected chi connectivity index (χ1v) is 10.1. The van der Waals surface area contributed by atoms with Crippen LogP contribution in [0.15, 0.2) is 29.2 Å². The summed E-state index contributed by atoms with van der Waals surface area (Å²) < 4.78 is 32.0. The summed E-state index contributed by atoms with van der Waals surface area (Å²) in [4.78, 5) is 13.5. The Morgan fingerprint density at radius 1 is 1.28 bits per heavy atom. The number of carbonyl (C=O) groups is 1. The second kappa shape index (κ2) is 8.64. The molecular formula is C17H28N3O4S+. The first-order valence-electron chi connectivity index (χ1n) is 8.66. The molecule has 1 aliphatic heterocycles. The van der Waals surface area contributed by atoms with Crippen molar-refractivity contribution in [1.82, 2.24) is 9.62 Å². The van der Waals surface area contributed by atoms with Gasteiger partial charge < -0.3 is 15.0 Å². The second-order valence-electron chi connectivity index (χ2n) is 6.25. The number of sulfonamides is 1. The van der Waals surface area contributed by atoms with Gasteiger partial charge in [0.2, 0.25) is 10.0 Å². The molecule has 8 heteroatoms. The second-order valence-corrected chi connectivity index (χ2v) is 8.19. The summed E-state index contributed by atoms with van der Waals surface area (Å²) in [6, 6.07) is 6.25. The highest BCUT2D eigenvalue weighted by Crippen LogP contribution is 2.19. The standard InChI is InChI=1S/C17H27N3O4S/c1-4-9-18-17(21)14(2)19-10-12-20(13-11-19)25(22,23)16-7-5-15(24-3)6-8-16/h5-8,14H,4,9-13H2,1-3H3,(H,18,21)/p+1/t14-/m1/s1. The average Bonchev–Trinajstić information content (AvgIpc) is 2.65. The van der Waals surface area contributed by atoms with Crippen LogP contribution in [0.25, 0.3) is 0 Å². The summed E-state index contributed by atoms with van der Waals surface area (Å²) in [7, 11) is -1.96. The summed E-state index contributed by atoms with van der Waals surface area (Å²) in [6.45, 7) is 6.65. The number of hydrogen-bond donors (Lipinski definition) is 2. The highest BCUT2D eigenvalue weighted by Gasteiger charge is 2.34. The van der Waals surface area contributed by atoms with Gasteiger partial charge in [-0.1, -0.05) is 6.92 Å². The lowest BCUT2D eigenvalue weighted by atomic mass is 10.2. The van der Waals surface area contributed by atoms with Crippen LogP contribution in [0.2, 0.25) is 0 Å². The van der Waals surface area contributed by atoms with E-state index in [1.165, 1.54) is 4.31 Å². The van der Waals surface area contributed by atoms with Crippen LogP contribution in [0.4, 0.5) is 0 Å². The van der Waals surface area contributed by atoms with Gasteiger partial charge in [-0.15, -0.1) is 0 Å². The van der Waals surface area contributed by atoms with Crippen LogP contribution in [-0.4, -0.2) is 64.5 Å². The van der Waals surface area contributed by atoms with Crippen molar-refractivity contribution in [2.75, 3.05) is 39.8 Å². The molecular weight excluding hydrogens is 342 g/mol. The number of ether oxygens (including phenoxy) is 1. The molecule has 1 aromatic carbocycles. The quantitative estimate of drug-likeness (QED) is 0.678. The van der Waals surface area contributed by atoms with E-state index >= 15 is 0 Å². The van der Waals surface area contributed by atoms with E-state index in [2.05, 4.69) is 5.32 Å². The van der Waals surface area contributed by atoms with E-state index in [0.717, 1.165) is 11.3 Å². The number of quaternary nitrogens is 1. The summed E-state index contributed by atoms with van der Waals surface area (Å²) in [5.74, 6) is 0.656. The molecule has 0 unspecified atom stereocenters. The van der Waals surface area contributed by atoms with Crippen LogP contribution in [-0.2, 0) is 14.8 Å². The van der Waals surface area contributed by atoms with Gasteiger partial charge in [0, 0.05) is 6.54 Å². The van der Waals surface area contributed by atoms with Crippen LogP contribution in [0.3, 0.4) is 0 Å². The Balaban J connectivity index is 1.97. The summed E-state index contributed by atoms with van der Waals surface area (Å²) in [6.07, 6.45) is 0.904. The molecule has 2 rings (SSSR count). The predicted molar refractivity (Wildman–Crippen MR) is 95.2 cm³/mol. The highest BCUT2D eigenvalue weighted by atomic mass is 32.2. The number of amides is 1. The molecule has 0 bridgehead atoms. The van der Waals surface area contributed by atoms with Crippen molar-refractivity contribution >= 4 is 15.9 Å². The van der Waals surface area contributed by atoms with Crippen LogP contribution in [0, 0.1) is 0 Å². The third kappa shape index (κ3) is 4.71. The molecule has 0 saturated carbocycles. The number of nitrogens with zero attached hydrogens (tertiary/aromatic N) is 1. The highest BCUT2D eigenvalue weighted by molar-refractivity contribution is 7.89. The number of rotatable bonds is 7. The number of benzene rings is 1. The van der Waals surface area contributed by atoms with Crippen LogP contribution in [0.5, 0.6) is 5.75 Å². The van der Waals surface area contributed by atoms with Gasteiger partial charge in [0.1, 0.15) is 5.75 Å². The summed E-state index contributed by atoms with van der Waals surface area (Å²) in [5, 5.41) is 2.90. The van der Waals surface area contributed by atoms with Crippen molar-refractivity contribution in [2.24, 2.45) is 0 Å². The van der Waals surface area contributed by atoms with Gasteiger partial charge >= 0.3 is 0 Å². The van der Waals surface area contributed by atoms with Crippen molar-refractivity contribution in [3.63, 3.8) is 0 Å². The van der Waals surface area contributed by atoms with Gasteiger partial charge in [0.25, 0.3) is 5.91 Å². The molecule has 0 aliphatic carbocycles. The molecule has 7 nitrogen and oxygen atoms in total. The number of piperazine rings is 1. The molecule has 25 heavy (non-hydrogen) atoms. The fraction of sp³-hybridized carbons (Fsp3) is 0.588. The van der Waals surface area contributed by atoms with Gasteiger partial charge in [-0.3, -0.25) is 4.79 Å². The Kier molecular flexibility index (Phi) is 6.80. The molecule has 0 aromatic heterocycles. The normalized spacial score (nSPS) is 17.9.